The Hall–Kier alpha value is -2.69. The van der Waals surface area contributed by atoms with Gasteiger partial charge in [-0.15, -0.1) is 0 Å². The molecular weight excluding hydrogens is 306 g/mol. The number of hydrogen-bond acceptors (Lipinski definition) is 4. The standard InChI is InChI=1S/C19H23NO4/c1-12(2)15-7-5-13(3)17(10-15)24-19(22)20-11-14-6-8-16(21)18(9-14)23-4/h5-10,12,21H,11H2,1-4H3,(H,20,22). The van der Waals surface area contributed by atoms with E-state index in [-0.39, 0.29) is 12.3 Å². The monoisotopic (exact) mass is 329 g/mol. The minimum absolute atomic E-state index is 0.0601. The number of aryl methyl sites for hydroxylation is 1. The summed E-state index contributed by atoms with van der Waals surface area (Å²) in [6.45, 7) is 6.36. The van der Waals surface area contributed by atoms with Crippen LogP contribution in [-0.4, -0.2) is 18.3 Å². The summed E-state index contributed by atoms with van der Waals surface area (Å²) in [6.07, 6.45) is -0.522. The number of benzene rings is 2. The molecule has 24 heavy (non-hydrogen) atoms. The number of phenolic OH excluding ortho intramolecular Hbond substituents is 1. The molecule has 0 aliphatic heterocycles. The van der Waals surface area contributed by atoms with Crippen molar-refractivity contribution in [3.05, 3.63) is 53.1 Å². The van der Waals surface area contributed by atoms with Gasteiger partial charge in [0.15, 0.2) is 11.5 Å². The van der Waals surface area contributed by atoms with E-state index in [0.717, 1.165) is 16.7 Å². The molecule has 0 saturated heterocycles. The molecule has 0 aliphatic carbocycles. The van der Waals surface area contributed by atoms with E-state index in [0.29, 0.717) is 17.4 Å². The van der Waals surface area contributed by atoms with Gasteiger partial charge in [-0.05, 0) is 47.7 Å². The number of amides is 1. The van der Waals surface area contributed by atoms with E-state index in [1.807, 2.05) is 25.1 Å². The third kappa shape index (κ3) is 4.41. The van der Waals surface area contributed by atoms with Crippen LogP contribution in [0, 0.1) is 6.92 Å². The predicted octanol–water partition coefficient (Wildman–Crippen LogP) is 4.12. The predicted molar refractivity (Wildman–Crippen MR) is 92.8 cm³/mol. The van der Waals surface area contributed by atoms with Crippen molar-refractivity contribution in [1.29, 1.82) is 0 Å². The van der Waals surface area contributed by atoms with Gasteiger partial charge in [0.05, 0.1) is 7.11 Å². The van der Waals surface area contributed by atoms with Gasteiger partial charge in [-0.2, -0.15) is 0 Å². The van der Waals surface area contributed by atoms with E-state index >= 15 is 0 Å². The maximum absolute atomic E-state index is 12.0. The molecule has 0 radical (unpaired) electrons. The fraction of sp³-hybridized carbons (Fsp3) is 0.316. The van der Waals surface area contributed by atoms with E-state index in [9.17, 15) is 9.90 Å². The van der Waals surface area contributed by atoms with Crippen molar-refractivity contribution in [2.24, 2.45) is 0 Å². The Morgan fingerprint density at radius 3 is 2.58 bits per heavy atom. The van der Waals surface area contributed by atoms with Gasteiger partial charge in [0.25, 0.3) is 0 Å². The van der Waals surface area contributed by atoms with E-state index in [2.05, 4.69) is 19.2 Å². The van der Waals surface area contributed by atoms with Crippen molar-refractivity contribution < 1.29 is 19.4 Å². The number of carbonyl (C=O) groups excluding carboxylic acids is 1. The van der Waals surface area contributed by atoms with Crippen LogP contribution in [0.25, 0.3) is 0 Å². The van der Waals surface area contributed by atoms with Crippen LogP contribution in [0.15, 0.2) is 36.4 Å². The summed E-state index contributed by atoms with van der Waals surface area (Å²) >= 11 is 0. The lowest BCUT2D eigenvalue weighted by atomic mass is 10.0. The molecule has 128 valence electrons. The number of hydrogen-bond donors (Lipinski definition) is 2. The van der Waals surface area contributed by atoms with Crippen LogP contribution in [0.3, 0.4) is 0 Å². The van der Waals surface area contributed by atoms with Gasteiger partial charge in [-0.25, -0.2) is 4.79 Å². The average Bonchev–Trinajstić information content (AvgIpc) is 2.56. The number of nitrogens with one attached hydrogen (secondary N) is 1. The van der Waals surface area contributed by atoms with Gasteiger partial charge < -0.3 is 19.9 Å². The number of phenols is 1. The summed E-state index contributed by atoms with van der Waals surface area (Å²) in [5, 5.41) is 12.3. The molecule has 2 rings (SSSR count). The summed E-state index contributed by atoms with van der Waals surface area (Å²) in [5.74, 6) is 1.34. The SMILES string of the molecule is COc1cc(CNC(=O)Oc2cc(C(C)C)ccc2C)ccc1O. The zero-order valence-electron chi connectivity index (χ0n) is 14.4. The van der Waals surface area contributed by atoms with Crippen molar-refractivity contribution in [3.63, 3.8) is 0 Å². The highest BCUT2D eigenvalue weighted by Gasteiger charge is 2.10. The summed E-state index contributed by atoms with van der Waals surface area (Å²) in [6, 6.07) is 10.8. The lowest BCUT2D eigenvalue weighted by Gasteiger charge is -2.12. The summed E-state index contributed by atoms with van der Waals surface area (Å²) in [7, 11) is 1.48. The fourth-order valence-electron chi connectivity index (χ4n) is 2.23. The smallest absolute Gasteiger partial charge is 0.412 e. The molecule has 0 heterocycles. The van der Waals surface area contributed by atoms with Gasteiger partial charge in [0, 0.05) is 6.54 Å². The van der Waals surface area contributed by atoms with Crippen molar-refractivity contribution in [1.82, 2.24) is 5.32 Å². The summed E-state index contributed by atoms with van der Waals surface area (Å²) in [4.78, 5) is 12.0. The highest BCUT2D eigenvalue weighted by Crippen LogP contribution is 2.26. The Labute approximate surface area is 142 Å². The second-order valence-corrected chi connectivity index (χ2v) is 5.93. The minimum atomic E-state index is -0.522. The molecule has 0 unspecified atom stereocenters. The Kier molecular flexibility index (Phi) is 5.68. The molecule has 0 atom stereocenters. The molecule has 5 heteroatoms. The largest absolute Gasteiger partial charge is 0.504 e. The highest BCUT2D eigenvalue weighted by molar-refractivity contribution is 5.71. The van der Waals surface area contributed by atoms with E-state index in [4.69, 9.17) is 9.47 Å². The number of ether oxygens (including phenoxy) is 2. The van der Waals surface area contributed by atoms with Crippen LogP contribution in [0.1, 0.15) is 36.5 Å². The molecule has 0 aromatic heterocycles. The van der Waals surface area contributed by atoms with Crippen LogP contribution >= 0.6 is 0 Å². The Morgan fingerprint density at radius 1 is 1.17 bits per heavy atom. The van der Waals surface area contributed by atoms with Crippen molar-refractivity contribution in [2.75, 3.05) is 7.11 Å². The van der Waals surface area contributed by atoms with Gasteiger partial charge >= 0.3 is 6.09 Å². The highest BCUT2D eigenvalue weighted by atomic mass is 16.6. The maximum atomic E-state index is 12.0. The van der Waals surface area contributed by atoms with Gasteiger partial charge in [-0.1, -0.05) is 32.0 Å². The number of carbonyl (C=O) groups is 1. The lowest BCUT2D eigenvalue weighted by molar-refractivity contribution is 0.199. The molecule has 0 spiro atoms. The molecule has 2 aromatic rings. The van der Waals surface area contributed by atoms with Crippen molar-refractivity contribution >= 4 is 6.09 Å². The second kappa shape index (κ2) is 7.73. The van der Waals surface area contributed by atoms with Gasteiger partial charge in [0.1, 0.15) is 5.75 Å². The van der Waals surface area contributed by atoms with Crippen molar-refractivity contribution in [3.8, 4) is 17.2 Å². The zero-order chi connectivity index (χ0) is 17.7. The van der Waals surface area contributed by atoms with Crippen LogP contribution in [-0.2, 0) is 6.54 Å². The molecule has 0 saturated carbocycles. The normalized spacial score (nSPS) is 10.5. The Balaban J connectivity index is 2.00. The number of rotatable bonds is 5. The molecule has 0 fully saturated rings. The topological polar surface area (TPSA) is 67.8 Å². The van der Waals surface area contributed by atoms with Crippen molar-refractivity contribution in [2.45, 2.75) is 33.2 Å². The molecule has 2 aromatic carbocycles. The number of methoxy groups -OCH3 is 1. The van der Waals surface area contributed by atoms with Crippen LogP contribution < -0.4 is 14.8 Å². The first-order valence-electron chi connectivity index (χ1n) is 7.82. The molecule has 0 bridgehead atoms. The second-order valence-electron chi connectivity index (χ2n) is 5.93. The first kappa shape index (κ1) is 17.7. The number of aromatic hydroxyl groups is 1. The van der Waals surface area contributed by atoms with Crippen LogP contribution in [0.4, 0.5) is 4.79 Å². The minimum Gasteiger partial charge on any atom is -0.504 e. The lowest BCUT2D eigenvalue weighted by Crippen LogP contribution is -2.26. The quantitative estimate of drug-likeness (QED) is 0.866. The van der Waals surface area contributed by atoms with Crippen LogP contribution in [0.2, 0.25) is 0 Å². The third-order valence-corrected chi connectivity index (χ3v) is 3.76. The molecular formula is C19H23NO4. The summed E-state index contributed by atoms with van der Waals surface area (Å²) < 4.78 is 10.5. The van der Waals surface area contributed by atoms with Crippen LogP contribution in [0.5, 0.6) is 17.2 Å². The van der Waals surface area contributed by atoms with Gasteiger partial charge in [-0.3, -0.25) is 0 Å². The summed E-state index contributed by atoms with van der Waals surface area (Å²) in [5.41, 5.74) is 2.82. The maximum Gasteiger partial charge on any atom is 0.412 e. The molecule has 1 amide bonds. The molecule has 2 N–H and O–H groups in total. The Morgan fingerprint density at radius 2 is 1.92 bits per heavy atom. The average molecular weight is 329 g/mol. The fourth-order valence-corrected chi connectivity index (χ4v) is 2.23. The third-order valence-electron chi connectivity index (χ3n) is 3.76. The first-order chi connectivity index (χ1) is 11.4. The molecule has 0 aliphatic rings. The molecule has 5 nitrogen and oxygen atoms in total. The van der Waals surface area contributed by atoms with E-state index in [1.165, 1.54) is 13.2 Å². The van der Waals surface area contributed by atoms with E-state index in [1.54, 1.807) is 12.1 Å². The zero-order valence-corrected chi connectivity index (χ0v) is 14.4. The Bertz CT molecular complexity index is 725. The first-order valence-corrected chi connectivity index (χ1v) is 7.82. The van der Waals surface area contributed by atoms with Gasteiger partial charge in [0.2, 0.25) is 0 Å². The van der Waals surface area contributed by atoms with E-state index < -0.39 is 6.09 Å².